The first-order valence-electron chi connectivity index (χ1n) is 5.90. The van der Waals surface area contributed by atoms with Gasteiger partial charge in [0.25, 0.3) is 5.92 Å². The molecule has 1 aliphatic carbocycles. The van der Waals surface area contributed by atoms with E-state index in [0.29, 0.717) is 0 Å². The second kappa shape index (κ2) is 4.52. The molecule has 1 fully saturated rings. The summed E-state index contributed by atoms with van der Waals surface area (Å²) in [6, 6.07) is 0. The van der Waals surface area contributed by atoms with Crippen molar-refractivity contribution in [2.75, 3.05) is 13.1 Å². The van der Waals surface area contributed by atoms with Crippen LogP contribution in [-0.2, 0) is 4.79 Å². The number of carbonyl (C=O) groups excluding carboxylic acids is 1. The fourth-order valence-electron chi connectivity index (χ4n) is 2.33. The monoisotopic (exact) mass is 229 g/mol. The number of hydrogen-bond donors (Lipinski definition) is 0. The predicted octanol–water partition coefficient (Wildman–Crippen LogP) is 2.60. The van der Waals surface area contributed by atoms with Gasteiger partial charge in [0.1, 0.15) is 0 Å². The lowest BCUT2D eigenvalue weighted by Crippen LogP contribution is -2.45. The summed E-state index contributed by atoms with van der Waals surface area (Å²) in [6.07, 6.45) is 6.30. The first-order valence-corrected chi connectivity index (χ1v) is 5.90. The zero-order chi connectivity index (χ0) is 11.6. The van der Waals surface area contributed by atoms with Crippen molar-refractivity contribution in [2.24, 2.45) is 5.92 Å². The van der Waals surface area contributed by atoms with Gasteiger partial charge in [0.15, 0.2) is 0 Å². The van der Waals surface area contributed by atoms with Crippen molar-refractivity contribution >= 4 is 5.91 Å². The van der Waals surface area contributed by atoms with Gasteiger partial charge < -0.3 is 4.90 Å². The Morgan fingerprint density at radius 1 is 1.25 bits per heavy atom. The number of alkyl halides is 2. The maximum absolute atomic E-state index is 12.9. The second-order valence-electron chi connectivity index (χ2n) is 4.66. The largest absolute Gasteiger partial charge is 0.342 e. The molecule has 1 saturated heterocycles. The highest BCUT2D eigenvalue weighted by Crippen LogP contribution is 2.29. The molecule has 0 aromatic carbocycles. The lowest BCUT2D eigenvalue weighted by molar-refractivity contribution is -0.141. The smallest absolute Gasteiger partial charge is 0.251 e. The van der Waals surface area contributed by atoms with E-state index in [4.69, 9.17) is 0 Å². The normalized spacial score (nSPS) is 29.1. The Kier molecular flexibility index (Phi) is 3.26. The van der Waals surface area contributed by atoms with Gasteiger partial charge in [0.2, 0.25) is 5.91 Å². The number of allylic oxidation sites excluding steroid dienone is 2. The van der Waals surface area contributed by atoms with Crippen LogP contribution >= 0.6 is 0 Å². The van der Waals surface area contributed by atoms with Gasteiger partial charge >= 0.3 is 0 Å². The van der Waals surface area contributed by atoms with E-state index in [1.807, 2.05) is 6.08 Å². The number of nitrogens with zero attached hydrogens (tertiary/aromatic N) is 1. The molecule has 1 aliphatic heterocycles. The number of rotatable bonds is 1. The van der Waals surface area contributed by atoms with Crippen molar-refractivity contribution in [1.82, 2.24) is 4.90 Å². The molecule has 0 aromatic heterocycles. The third kappa shape index (κ3) is 2.60. The van der Waals surface area contributed by atoms with Crippen LogP contribution in [0.3, 0.4) is 0 Å². The molecule has 1 heterocycles. The topological polar surface area (TPSA) is 20.3 Å². The minimum absolute atomic E-state index is 0.0247. The highest BCUT2D eigenvalue weighted by molar-refractivity contribution is 5.79. The maximum Gasteiger partial charge on any atom is 0.251 e. The van der Waals surface area contributed by atoms with Crippen LogP contribution in [0.5, 0.6) is 0 Å². The van der Waals surface area contributed by atoms with Gasteiger partial charge in [-0.2, -0.15) is 0 Å². The Hall–Kier alpha value is -0.930. The Bertz CT molecular complexity index is 291. The Balaban J connectivity index is 1.89. The predicted molar refractivity (Wildman–Crippen MR) is 57.2 cm³/mol. The summed E-state index contributed by atoms with van der Waals surface area (Å²) in [7, 11) is 0. The number of carbonyl (C=O) groups is 1. The Morgan fingerprint density at radius 2 is 1.94 bits per heavy atom. The second-order valence-corrected chi connectivity index (χ2v) is 4.66. The molecule has 1 atom stereocenters. The number of likely N-dealkylation sites (tertiary alicyclic amines) is 1. The fourth-order valence-corrected chi connectivity index (χ4v) is 2.33. The van der Waals surface area contributed by atoms with Crippen molar-refractivity contribution in [3.63, 3.8) is 0 Å². The van der Waals surface area contributed by atoms with E-state index >= 15 is 0 Å². The van der Waals surface area contributed by atoms with Crippen LogP contribution in [0.1, 0.15) is 32.1 Å². The minimum Gasteiger partial charge on any atom is -0.342 e. The molecule has 0 saturated carbocycles. The van der Waals surface area contributed by atoms with Crippen LogP contribution in [-0.4, -0.2) is 29.8 Å². The van der Waals surface area contributed by atoms with Crippen LogP contribution in [0.15, 0.2) is 12.2 Å². The maximum atomic E-state index is 12.9. The molecule has 1 unspecified atom stereocenters. The van der Waals surface area contributed by atoms with Gasteiger partial charge in [-0.05, 0) is 19.3 Å². The van der Waals surface area contributed by atoms with Crippen LogP contribution in [0.4, 0.5) is 8.78 Å². The highest BCUT2D eigenvalue weighted by Gasteiger charge is 2.36. The number of hydrogen-bond acceptors (Lipinski definition) is 1. The molecule has 90 valence electrons. The summed E-state index contributed by atoms with van der Waals surface area (Å²) in [5.74, 6) is -2.47. The number of halogens is 2. The Labute approximate surface area is 94.3 Å². The summed E-state index contributed by atoms with van der Waals surface area (Å²) >= 11 is 0. The zero-order valence-corrected chi connectivity index (χ0v) is 9.29. The first kappa shape index (κ1) is 11.6. The molecule has 2 aliphatic rings. The molecule has 0 radical (unpaired) electrons. The quantitative estimate of drug-likeness (QED) is 0.633. The van der Waals surface area contributed by atoms with Crippen molar-refractivity contribution < 1.29 is 13.6 Å². The summed E-state index contributed by atoms with van der Waals surface area (Å²) in [5.41, 5.74) is 0. The lowest BCUT2D eigenvalue weighted by Gasteiger charge is -2.34. The van der Waals surface area contributed by atoms with Crippen molar-refractivity contribution in [1.29, 1.82) is 0 Å². The van der Waals surface area contributed by atoms with E-state index in [1.165, 1.54) is 0 Å². The van der Waals surface area contributed by atoms with E-state index in [0.717, 1.165) is 19.3 Å². The molecule has 0 spiro atoms. The van der Waals surface area contributed by atoms with Gasteiger partial charge in [-0.1, -0.05) is 12.2 Å². The van der Waals surface area contributed by atoms with E-state index in [2.05, 4.69) is 6.08 Å². The standard InChI is InChI=1S/C12H17F2NO/c13-12(14)6-8-15(9-7-12)11(16)10-4-2-1-3-5-10/h1-2,10H,3-9H2. The Morgan fingerprint density at radius 3 is 2.50 bits per heavy atom. The molecule has 1 amide bonds. The van der Waals surface area contributed by atoms with Crippen molar-refractivity contribution in [3.8, 4) is 0 Å². The zero-order valence-electron chi connectivity index (χ0n) is 9.29. The average Bonchev–Trinajstić information content (AvgIpc) is 2.29. The fraction of sp³-hybridized carbons (Fsp3) is 0.750. The van der Waals surface area contributed by atoms with Gasteiger partial charge in [0, 0.05) is 31.8 Å². The molecule has 0 N–H and O–H groups in total. The molecule has 16 heavy (non-hydrogen) atoms. The van der Waals surface area contributed by atoms with Gasteiger partial charge in [-0.3, -0.25) is 4.79 Å². The molecule has 2 nitrogen and oxygen atoms in total. The average molecular weight is 229 g/mol. The molecule has 0 aromatic rings. The third-order valence-electron chi connectivity index (χ3n) is 3.42. The number of piperidine rings is 1. The molecule has 4 heteroatoms. The summed E-state index contributed by atoms with van der Waals surface area (Å²) in [6.45, 7) is 0.429. The third-order valence-corrected chi connectivity index (χ3v) is 3.42. The van der Waals surface area contributed by atoms with Crippen LogP contribution in [0, 0.1) is 5.92 Å². The van der Waals surface area contributed by atoms with E-state index in [-0.39, 0.29) is 37.8 Å². The van der Waals surface area contributed by atoms with E-state index in [1.54, 1.807) is 4.90 Å². The van der Waals surface area contributed by atoms with Crippen LogP contribution in [0.2, 0.25) is 0 Å². The first-order chi connectivity index (χ1) is 7.58. The molecule has 2 rings (SSSR count). The minimum atomic E-state index is -2.57. The van der Waals surface area contributed by atoms with Crippen LogP contribution in [0.25, 0.3) is 0 Å². The van der Waals surface area contributed by atoms with Crippen molar-refractivity contribution in [2.45, 2.75) is 38.0 Å². The lowest BCUT2D eigenvalue weighted by atomic mass is 9.92. The van der Waals surface area contributed by atoms with E-state index < -0.39 is 5.92 Å². The van der Waals surface area contributed by atoms with Crippen molar-refractivity contribution in [3.05, 3.63) is 12.2 Å². The summed E-state index contributed by atoms with van der Waals surface area (Å²) in [5, 5.41) is 0. The summed E-state index contributed by atoms with van der Waals surface area (Å²) < 4.78 is 25.9. The van der Waals surface area contributed by atoms with Gasteiger partial charge in [-0.25, -0.2) is 8.78 Å². The molecular formula is C12H17F2NO. The SMILES string of the molecule is O=C(C1CC=CCC1)N1CCC(F)(F)CC1. The van der Waals surface area contributed by atoms with Gasteiger partial charge in [0.05, 0.1) is 0 Å². The highest BCUT2D eigenvalue weighted by atomic mass is 19.3. The number of amides is 1. The van der Waals surface area contributed by atoms with E-state index in [9.17, 15) is 13.6 Å². The molecular weight excluding hydrogens is 212 g/mol. The van der Waals surface area contributed by atoms with Gasteiger partial charge in [-0.15, -0.1) is 0 Å². The molecule has 0 bridgehead atoms. The summed E-state index contributed by atoms with van der Waals surface area (Å²) in [4.78, 5) is 13.6. The van der Waals surface area contributed by atoms with Crippen LogP contribution < -0.4 is 0 Å².